The zero-order valence-corrected chi connectivity index (χ0v) is 9.63. The molecule has 1 atom stereocenters. The number of thiophene rings is 1. The summed E-state index contributed by atoms with van der Waals surface area (Å²) in [5, 5.41) is 12.4. The lowest BCUT2D eigenvalue weighted by Gasteiger charge is -2.05. The van der Waals surface area contributed by atoms with Crippen molar-refractivity contribution in [2.45, 2.75) is 6.10 Å². The summed E-state index contributed by atoms with van der Waals surface area (Å²) in [5.74, 6) is 0. The van der Waals surface area contributed by atoms with Gasteiger partial charge in [0.25, 0.3) is 0 Å². The monoisotopic (exact) mass is 269 g/mol. The Morgan fingerprint density at radius 3 is 2.92 bits per heavy atom. The third-order valence-electron chi connectivity index (χ3n) is 1.39. The number of nitrogens with one attached hydrogen (secondary N) is 1. The van der Waals surface area contributed by atoms with Gasteiger partial charge in [-0.3, -0.25) is 0 Å². The van der Waals surface area contributed by atoms with Gasteiger partial charge in [-0.25, -0.2) is 0 Å². The molecule has 2 nitrogen and oxygen atoms in total. The van der Waals surface area contributed by atoms with Crippen LogP contribution in [0.15, 0.2) is 10.5 Å². The van der Waals surface area contributed by atoms with E-state index in [9.17, 15) is 5.11 Å². The smallest absolute Gasteiger partial charge is 0.107 e. The van der Waals surface area contributed by atoms with Gasteiger partial charge in [0.05, 0.1) is 0 Å². The highest BCUT2D eigenvalue weighted by Crippen LogP contribution is 2.34. The molecule has 0 saturated carbocycles. The number of hydrogen-bond acceptors (Lipinski definition) is 3. The average molecular weight is 271 g/mol. The molecular weight excluding hydrogens is 262 g/mol. The van der Waals surface area contributed by atoms with Gasteiger partial charge in [0.2, 0.25) is 0 Å². The second-order valence-corrected chi connectivity index (χ2v) is 4.88. The molecule has 0 bridgehead atoms. The van der Waals surface area contributed by atoms with Crippen LogP contribution < -0.4 is 5.32 Å². The van der Waals surface area contributed by atoms with Gasteiger partial charge in [0, 0.05) is 15.9 Å². The van der Waals surface area contributed by atoms with E-state index in [2.05, 4.69) is 21.2 Å². The molecular formula is C7H9BrClNOS. The molecule has 0 amide bonds. The first-order chi connectivity index (χ1) is 5.65. The third kappa shape index (κ3) is 2.44. The van der Waals surface area contributed by atoms with Gasteiger partial charge in [-0.2, -0.15) is 0 Å². The van der Waals surface area contributed by atoms with Gasteiger partial charge < -0.3 is 10.4 Å². The van der Waals surface area contributed by atoms with Crippen LogP contribution in [0, 0.1) is 0 Å². The summed E-state index contributed by atoms with van der Waals surface area (Å²) in [5.41, 5.74) is 0. The summed E-state index contributed by atoms with van der Waals surface area (Å²) >= 11 is 10.5. The Morgan fingerprint density at radius 1 is 1.83 bits per heavy atom. The van der Waals surface area contributed by atoms with E-state index in [4.69, 9.17) is 11.6 Å². The average Bonchev–Trinajstić information content (AvgIpc) is 2.33. The lowest BCUT2D eigenvalue weighted by Crippen LogP contribution is -2.15. The molecule has 0 aliphatic rings. The van der Waals surface area contributed by atoms with Crippen molar-refractivity contribution in [1.29, 1.82) is 0 Å². The van der Waals surface area contributed by atoms with Crippen LogP contribution in [-0.2, 0) is 0 Å². The molecule has 1 aromatic heterocycles. The van der Waals surface area contributed by atoms with E-state index in [1.807, 2.05) is 6.07 Å². The molecule has 1 rings (SSSR count). The van der Waals surface area contributed by atoms with E-state index >= 15 is 0 Å². The maximum absolute atomic E-state index is 9.53. The van der Waals surface area contributed by atoms with Crippen molar-refractivity contribution in [3.63, 3.8) is 0 Å². The van der Waals surface area contributed by atoms with Gasteiger partial charge in [0.15, 0.2) is 0 Å². The Balaban J connectivity index is 2.74. The molecule has 0 fully saturated rings. The standard InChI is InChI=1S/C7H9BrClNOS/c1-10-3-5(11)6-2-4(8)7(9)12-6/h2,5,10-11H,3H2,1H3. The Kier molecular flexibility index (Phi) is 3.99. The van der Waals surface area contributed by atoms with Crippen molar-refractivity contribution in [2.24, 2.45) is 0 Å². The summed E-state index contributed by atoms with van der Waals surface area (Å²) < 4.78 is 1.53. The molecule has 0 radical (unpaired) electrons. The van der Waals surface area contributed by atoms with Crippen molar-refractivity contribution in [1.82, 2.24) is 5.32 Å². The van der Waals surface area contributed by atoms with Gasteiger partial charge in [-0.1, -0.05) is 11.6 Å². The molecule has 2 N–H and O–H groups in total. The summed E-state index contributed by atoms with van der Waals surface area (Å²) in [6.07, 6.45) is -0.469. The summed E-state index contributed by atoms with van der Waals surface area (Å²) in [6.45, 7) is 0.545. The Morgan fingerprint density at radius 2 is 2.50 bits per heavy atom. The van der Waals surface area contributed by atoms with E-state index < -0.39 is 6.10 Å². The largest absolute Gasteiger partial charge is 0.386 e. The molecule has 0 saturated heterocycles. The molecule has 68 valence electrons. The first-order valence-electron chi connectivity index (χ1n) is 3.42. The number of halogens is 2. The summed E-state index contributed by atoms with van der Waals surface area (Å²) in [4.78, 5) is 0.876. The minimum Gasteiger partial charge on any atom is -0.386 e. The van der Waals surface area contributed by atoms with Crippen molar-refractivity contribution in [3.8, 4) is 0 Å². The molecule has 0 aromatic carbocycles. The predicted molar refractivity (Wildman–Crippen MR) is 55.9 cm³/mol. The predicted octanol–water partition coefficient (Wildman–Crippen LogP) is 2.42. The van der Waals surface area contributed by atoms with Crippen molar-refractivity contribution in [3.05, 3.63) is 19.8 Å². The quantitative estimate of drug-likeness (QED) is 0.884. The summed E-state index contributed by atoms with van der Waals surface area (Å²) in [7, 11) is 1.80. The second kappa shape index (κ2) is 4.58. The molecule has 5 heteroatoms. The summed E-state index contributed by atoms with van der Waals surface area (Å²) in [6, 6.07) is 1.84. The minimum absolute atomic E-state index is 0.469. The van der Waals surface area contributed by atoms with E-state index in [1.165, 1.54) is 11.3 Å². The molecule has 1 aromatic rings. The van der Waals surface area contributed by atoms with Crippen molar-refractivity contribution in [2.75, 3.05) is 13.6 Å². The molecule has 0 aliphatic heterocycles. The Bertz CT molecular complexity index is 246. The van der Waals surface area contributed by atoms with Gasteiger partial charge in [-0.05, 0) is 29.0 Å². The van der Waals surface area contributed by atoms with Crippen LogP contribution in [0.1, 0.15) is 11.0 Å². The molecule has 1 heterocycles. The van der Waals surface area contributed by atoms with E-state index in [0.717, 1.165) is 9.35 Å². The fourth-order valence-corrected chi connectivity index (χ4v) is 2.54. The second-order valence-electron chi connectivity index (χ2n) is 2.34. The van der Waals surface area contributed by atoms with Crippen LogP contribution in [-0.4, -0.2) is 18.7 Å². The molecule has 1 unspecified atom stereocenters. The Labute approximate surface area is 88.7 Å². The van der Waals surface area contributed by atoms with Gasteiger partial charge in [0.1, 0.15) is 10.4 Å². The van der Waals surface area contributed by atoms with Gasteiger partial charge in [-0.15, -0.1) is 11.3 Å². The lowest BCUT2D eigenvalue weighted by molar-refractivity contribution is 0.181. The van der Waals surface area contributed by atoms with Crippen molar-refractivity contribution >= 4 is 38.9 Å². The van der Waals surface area contributed by atoms with Gasteiger partial charge >= 0.3 is 0 Å². The topological polar surface area (TPSA) is 32.3 Å². The Hall–Kier alpha value is 0.390. The minimum atomic E-state index is -0.469. The van der Waals surface area contributed by atoms with Crippen LogP contribution in [0.4, 0.5) is 0 Å². The first-order valence-corrected chi connectivity index (χ1v) is 5.41. The fraction of sp³-hybridized carbons (Fsp3) is 0.429. The maximum atomic E-state index is 9.53. The SMILES string of the molecule is CNCC(O)c1cc(Br)c(Cl)s1. The highest BCUT2D eigenvalue weighted by atomic mass is 79.9. The zero-order valence-electron chi connectivity index (χ0n) is 6.47. The zero-order chi connectivity index (χ0) is 9.14. The van der Waals surface area contributed by atoms with Crippen molar-refractivity contribution < 1.29 is 5.11 Å². The normalized spacial score (nSPS) is 13.3. The van der Waals surface area contributed by atoms with Crippen LogP contribution in [0.25, 0.3) is 0 Å². The fourth-order valence-electron chi connectivity index (χ4n) is 0.821. The number of hydrogen-bond donors (Lipinski definition) is 2. The first kappa shape index (κ1) is 10.5. The number of aliphatic hydroxyl groups excluding tert-OH is 1. The molecule has 0 spiro atoms. The van der Waals surface area contributed by atoms with Crippen LogP contribution in [0.2, 0.25) is 4.34 Å². The lowest BCUT2D eigenvalue weighted by atomic mass is 10.3. The third-order valence-corrected chi connectivity index (χ3v) is 3.97. The highest BCUT2D eigenvalue weighted by molar-refractivity contribution is 9.10. The van der Waals surface area contributed by atoms with Crippen LogP contribution in [0.5, 0.6) is 0 Å². The van der Waals surface area contributed by atoms with E-state index in [0.29, 0.717) is 10.9 Å². The highest BCUT2D eigenvalue weighted by Gasteiger charge is 2.11. The molecule has 12 heavy (non-hydrogen) atoms. The number of likely N-dealkylation sites (N-methyl/N-ethyl adjacent to an activating group) is 1. The molecule has 0 aliphatic carbocycles. The number of aliphatic hydroxyl groups is 1. The van der Waals surface area contributed by atoms with E-state index in [1.54, 1.807) is 7.05 Å². The van der Waals surface area contributed by atoms with Crippen LogP contribution in [0.3, 0.4) is 0 Å². The van der Waals surface area contributed by atoms with Crippen LogP contribution >= 0.6 is 38.9 Å². The maximum Gasteiger partial charge on any atom is 0.107 e. The van der Waals surface area contributed by atoms with E-state index in [-0.39, 0.29) is 0 Å². The number of rotatable bonds is 3.